The van der Waals surface area contributed by atoms with Crippen molar-refractivity contribution in [3.05, 3.63) is 11.7 Å². The van der Waals surface area contributed by atoms with Crippen LogP contribution in [-0.2, 0) is 13.0 Å². The van der Waals surface area contributed by atoms with E-state index in [2.05, 4.69) is 17.1 Å². The van der Waals surface area contributed by atoms with Crippen molar-refractivity contribution < 1.29 is 9.63 Å². The number of aryl methyl sites for hydroxylation is 1. The molecule has 1 rings (SSSR count). The van der Waals surface area contributed by atoms with Crippen LogP contribution < -0.4 is 0 Å². The Balaban J connectivity index is 2.59. The zero-order chi connectivity index (χ0) is 12.2. The van der Waals surface area contributed by atoms with Crippen LogP contribution in [0.1, 0.15) is 38.9 Å². The summed E-state index contributed by atoms with van der Waals surface area (Å²) in [7, 11) is 1.94. The maximum atomic E-state index is 9.23. The van der Waals surface area contributed by atoms with Crippen LogP contribution in [0, 0.1) is 0 Å². The van der Waals surface area contributed by atoms with E-state index < -0.39 is 0 Å². The Morgan fingerprint density at radius 3 is 2.69 bits per heavy atom. The Hall–Kier alpha value is -0.940. The average molecular weight is 227 g/mol. The van der Waals surface area contributed by atoms with E-state index in [1.54, 1.807) is 0 Å². The summed E-state index contributed by atoms with van der Waals surface area (Å²) in [6.45, 7) is 6.70. The van der Waals surface area contributed by atoms with Gasteiger partial charge in [0.2, 0.25) is 5.89 Å². The van der Waals surface area contributed by atoms with Gasteiger partial charge < -0.3 is 9.63 Å². The smallest absolute Gasteiger partial charge is 0.226 e. The molecule has 0 bridgehead atoms. The second kappa shape index (κ2) is 5.41. The Labute approximate surface area is 96.5 Å². The minimum atomic E-state index is -0.272. The van der Waals surface area contributed by atoms with Crippen molar-refractivity contribution in [2.45, 2.75) is 45.7 Å². The molecule has 5 heteroatoms. The lowest BCUT2D eigenvalue weighted by molar-refractivity contribution is 0.0708. The van der Waals surface area contributed by atoms with Gasteiger partial charge in [0, 0.05) is 12.0 Å². The predicted octanol–water partition coefficient (Wildman–Crippen LogP) is 1.22. The van der Waals surface area contributed by atoms with Gasteiger partial charge in [-0.25, -0.2) is 0 Å². The quantitative estimate of drug-likeness (QED) is 0.791. The number of rotatable bonds is 6. The molecule has 0 spiro atoms. The van der Waals surface area contributed by atoms with Crippen LogP contribution >= 0.6 is 0 Å². The number of hydrogen-bond acceptors (Lipinski definition) is 5. The molecule has 0 atom stereocenters. The third-order valence-electron chi connectivity index (χ3n) is 2.77. The van der Waals surface area contributed by atoms with Crippen molar-refractivity contribution >= 4 is 0 Å². The summed E-state index contributed by atoms with van der Waals surface area (Å²) in [5.74, 6) is 1.36. The fraction of sp³-hybridized carbons (Fsp3) is 0.818. The molecule has 92 valence electrons. The zero-order valence-corrected chi connectivity index (χ0v) is 10.5. The zero-order valence-electron chi connectivity index (χ0n) is 10.5. The number of aliphatic hydroxyl groups is 1. The molecule has 1 aromatic heterocycles. The first-order valence-corrected chi connectivity index (χ1v) is 5.63. The van der Waals surface area contributed by atoms with Gasteiger partial charge in [-0.2, -0.15) is 4.98 Å². The highest BCUT2D eigenvalue weighted by Gasteiger charge is 2.23. The first kappa shape index (κ1) is 13.1. The Kier molecular flexibility index (Phi) is 4.44. The van der Waals surface area contributed by atoms with Crippen molar-refractivity contribution in [1.82, 2.24) is 15.0 Å². The maximum absolute atomic E-state index is 9.23. The summed E-state index contributed by atoms with van der Waals surface area (Å²) in [4.78, 5) is 6.29. The molecule has 5 nitrogen and oxygen atoms in total. The lowest BCUT2D eigenvalue weighted by Gasteiger charge is -2.32. The number of aromatic nitrogens is 2. The van der Waals surface area contributed by atoms with Crippen LogP contribution in [-0.4, -0.2) is 39.3 Å². The maximum Gasteiger partial charge on any atom is 0.226 e. The lowest BCUT2D eigenvalue weighted by Crippen LogP contribution is -2.43. The highest BCUT2D eigenvalue weighted by molar-refractivity contribution is 4.89. The molecule has 1 N–H and O–H groups in total. The first-order valence-electron chi connectivity index (χ1n) is 5.63. The fourth-order valence-corrected chi connectivity index (χ4v) is 1.22. The van der Waals surface area contributed by atoms with E-state index in [-0.39, 0.29) is 12.1 Å². The van der Waals surface area contributed by atoms with Gasteiger partial charge in [-0.3, -0.25) is 4.90 Å². The fourth-order valence-electron chi connectivity index (χ4n) is 1.22. The van der Waals surface area contributed by atoms with E-state index >= 15 is 0 Å². The topological polar surface area (TPSA) is 62.4 Å². The first-order chi connectivity index (χ1) is 7.49. The second-order valence-electron chi connectivity index (χ2n) is 4.68. The van der Waals surface area contributed by atoms with E-state index in [0.29, 0.717) is 18.3 Å². The van der Waals surface area contributed by atoms with Gasteiger partial charge in [0.1, 0.15) is 0 Å². The molecule has 0 saturated carbocycles. The molecule has 0 saturated heterocycles. The normalized spacial score (nSPS) is 12.4. The van der Waals surface area contributed by atoms with Crippen LogP contribution in [0.2, 0.25) is 0 Å². The molecule has 1 heterocycles. The van der Waals surface area contributed by atoms with Gasteiger partial charge in [-0.05, 0) is 27.3 Å². The van der Waals surface area contributed by atoms with Crippen LogP contribution in [0.25, 0.3) is 0 Å². The van der Waals surface area contributed by atoms with Crippen molar-refractivity contribution in [1.29, 1.82) is 0 Å². The van der Waals surface area contributed by atoms with Gasteiger partial charge in [0.25, 0.3) is 0 Å². The van der Waals surface area contributed by atoms with Crippen molar-refractivity contribution in [2.24, 2.45) is 0 Å². The molecule has 0 fully saturated rings. The summed E-state index contributed by atoms with van der Waals surface area (Å²) < 4.78 is 5.10. The SMILES string of the molecule is CCCc1nc(CN(C)C(C)(C)CO)no1. The molecule has 0 aromatic carbocycles. The minimum absolute atomic E-state index is 0.100. The molecule has 0 radical (unpaired) electrons. The average Bonchev–Trinajstić information content (AvgIpc) is 2.66. The highest BCUT2D eigenvalue weighted by Crippen LogP contribution is 2.13. The van der Waals surface area contributed by atoms with Crippen LogP contribution in [0.3, 0.4) is 0 Å². The summed E-state index contributed by atoms with van der Waals surface area (Å²) in [5, 5.41) is 13.1. The summed E-state index contributed by atoms with van der Waals surface area (Å²) in [6.07, 6.45) is 1.82. The standard InChI is InChI=1S/C11H21N3O2/c1-5-6-10-12-9(13-16-10)7-14(4)11(2,3)8-15/h15H,5-8H2,1-4H3. The Morgan fingerprint density at radius 1 is 1.44 bits per heavy atom. The molecule has 0 aliphatic carbocycles. The van der Waals surface area contributed by atoms with Gasteiger partial charge >= 0.3 is 0 Å². The molecule has 0 unspecified atom stereocenters. The van der Waals surface area contributed by atoms with Gasteiger partial charge in [-0.1, -0.05) is 12.1 Å². The minimum Gasteiger partial charge on any atom is -0.394 e. The number of aliphatic hydroxyl groups excluding tert-OH is 1. The second-order valence-corrected chi connectivity index (χ2v) is 4.68. The molecule has 0 aliphatic heterocycles. The van der Waals surface area contributed by atoms with Crippen molar-refractivity contribution in [3.63, 3.8) is 0 Å². The number of nitrogens with zero attached hydrogens (tertiary/aromatic N) is 3. The van der Waals surface area contributed by atoms with Crippen molar-refractivity contribution in [3.8, 4) is 0 Å². The number of hydrogen-bond donors (Lipinski definition) is 1. The summed E-state index contributed by atoms with van der Waals surface area (Å²) >= 11 is 0. The molecule has 16 heavy (non-hydrogen) atoms. The number of likely N-dealkylation sites (N-methyl/N-ethyl adjacent to an activating group) is 1. The Morgan fingerprint density at radius 2 is 2.12 bits per heavy atom. The van der Waals surface area contributed by atoms with E-state index in [9.17, 15) is 5.11 Å². The van der Waals surface area contributed by atoms with E-state index in [4.69, 9.17) is 4.52 Å². The molecule has 0 amide bonds. The third kappa shape index (κ3) is 3.28. The van der Waals surface area contributed by atoms with Gasteiger partial charge in [0.05, 0.1) is 13.2 Å². The van der Waals surface area contributed by atoms with E-state index in [1.165, 1.54) is 0 Å². The van der Waals surface area contributed by atoms with Gasteiger partial charge in [0.15, 0.2) is 5.82 Å². The van der Waals surface area contributed by atoms with Crippen LogP contribution in [0.5, 0.6) is 0 Å². The van der Waals surface area contributed by atoms with Crippen LogP contribution in [0.15, 0.2) is 4.52 Å². The summed E-state index contributed by atoms with van der Waals surface area (Å²) in [5.41, 5.74) is -0.272. The molecular weight excluding hydrogens is 206 g/mol. The summed E-state index contributed by atoms with van der Waals surface area (Å²) in [6, 6.07) is 0. The monoisotopic (exact) mass is 227 g/mol. The van der Waals surface area contributed by atoms with Gasteiger partial charge in [-0.15, -0.1) is 0 Å². The lowest BCUT2D eigenvalue weighted by atomic mass is 10.1. The highest BCUT2D eigenvalue weighted by atomic mass is 16.5. The Bertz CT molecular complexity index is 323. The van der Waals surface area contributed by atoms with Crippen LogP contribution in [0.4, 0.5) is 0 Å². The molecule has 1 aromatic rings. The van der Waals surface area contributed by atoms with E-state index in [1.807, 2.05) is 25.8 Å². The molecule has 0 aliphatic rings. The third-order valence-corrected chi connectivity index (χ3v) is 2.77. The van der Waals surface area contributed by atoms with E-state index in [0.717, 1.165) is 12.8 Å². The predicted molar refractivity (Wildman–Crippen MR) is 60.9 cm³/mol. The van der Waals surface area contributed by atoms with Crippen molar-refractivity contribution in [2.75, 3.05) is 13.7 Å². The molecular formula is C11H21N3O2. The largest absolute Gasteiger partial charge is 0.394 e.